The molecule has 0 aromatic heterocycles. The summed E-state index contributed by atoms with van der Waals surface area (Å²) in [6.45, 7) is 2.56. The third kappa shape index (κ3) is 11.9. The Kier molecular flexibility index (Phi) is 15.3. The molecule has 9 heavy (non-hydrogen) atoms. The first-order valence-electron chi connectivity index (χ1n) is 3.52. The van der Waals surface area contributed by atoms with E-state index in [1.54, 1.807) is 0 Å². The SMILES string of the molecule is CCCCCCCO.[Al]. The predicted octanol–water partition coefficient (Wildman–Crippen LogP) is 1.57. The zero-order valence-corrected chi connectivity index (χ0v) is 7.42. The molecular formula is C7H16AlO. The minimum Gasteiger partial charge on any atom is -0.396 e. The van der Waals surface area contributed by atoms with Crippen LogP contribution in [0.25, 0.3) is 0 Å². The minimum absolute atomic E-state index is 0. The van der Waals surface area contributed by atoms with E-state index in [2.05, 4.69) is 6.92 Å². The van der Waals surface area contributed by atoms with Crippen molar-refractivity contribution in [1.82, 2.24) is 0 Å². The Morgan fingerprint density at radius 1 is 1.00 bits per heavy atom. The van der Waals surface area contributed by atoms with Crippen LogP contribution in [0.4, 0.5) is 0 Å². The van der Waals surface area contributed by atoms with E-state index in [1.807, 2.05) is 0 Å². The number of hydrogen-bond acceptors (Lipinski definition) is 1. The van der Waals surface area contributed by atoms with E-state index in [0.717, 1.165) is 6.42 Å². The van der Waals surface area contributed by atoms with Crippen LogP contribution >= 0.6 is 0 Å². The van der Waals surface area contributed by atoms with E-state index in [1.165, 1.54) is 25.7 Å². The third-order valence-corrected chi connectivity index (χ3v) is 1.26. The Labute approximate surface area is 68.6 Å². The van der Waals surface area contributed by atoms with Gasteiger partial charge in [-0.15, -0.1) is 0 Å². The van der Waals surface area contributed by atoms with Crippen molar-refractivity contribution in [3.63, 3.8) is 0 Å². The highest BCUT2D eigenvalue weighted by molar-refractivity contribution is 5.75. The van der Waals surface area contributed by atoms with Gasteiger partial charge in [-0.2, -0.15) is 0 Å². The van der Waals surface area contributed by atoms with Crippen LogP contribution in [0.2, 0.25) is 0 Å². The Morgan fingerprint density at radius 2 is 1.56 bits per heavy atom. The quantitative estimate of drug-likeness (QED) is 0.457. The van der Waals surface area contributed by atoms with Crippen molar-refractivity contribution in [3.8, 4) is 0 Å². The Hall–Kier alpha value is 0.492. The number of aliphatic hydroxyl groups is 1. The number of unbranched alkanes of at least 4 members (excludes halogenated alkanes) is 4. The Morgan fingerprint density at radius 3 is 2.00 bits per heavy atom. The van der Waals surface area contributed by atoms with E-state index in [-0.39, 0.29) is 17.4 Å². The standard InChI is InChI=1S/C7H16O.Al/c1-2-3-4-5-6-7-8;/h8H,2-7H2,1H3;. The van der Waals surface area contributed by atoms with Crippen LogP contribution in [0.15, 0.2) is 0 Å². The fourth-order valence-electron chi connectivity index (χ4n) is 0.715. The maximum atomic E-state index is 8.37. The second-order valence-corrected chi connectivity index (χ2v) is 2.14. The second kappa shape index (κ2) is 11.3. The zero-order valence-electron chi connectivity index (χ0n) is 6.27. The van der Waals surface area contributed by atoms with Gasteiger partial charge < -0.3 is 5.11 Å². The highest BCUT2D eigenvalue weighted by Gasteiger charge is 1.84. The van der Waals surface area contributed by atoms with Gasteiger partial charge in [0.1, 0.15) is 0 Å². The maximum absolute atomic E-state index is 8.37. The molecule has 3 radical (unpaired) electrons. The molecule has 0 aliphatic heterocycles. The van der Waals surface area contributed by atoms with Crippen molar-refractivity contribution in [2.45, 2.75) is 39.0 Å². The summed E-state index contributed by atoms with van der Waals surface area (Å²) in [5.41, 5.74) is 0. The second-order valence-electron chi connectivity index (χ2n) is 2.14. The first kappa shape index (κ1) is 12.2. The lowest BCUT2D eigenvalue weighted by Gasteiger charge is -1.93. The summed E-state index contributed by atoms with van der Waals surface area (Å²) < 4.78 is 0. The molecule has 2 heteroatoms. The number of aliphatic hydroxyl groups excluding tert-OH is 1. The molecule has 0 amide bonds. The monoisotopic (exact) mass is 143 g/mol. The van der Waals surface area contributed by atoms with Gasteiger partial charge in [0.15, 0.2) is 0 Å². The molecule has 1 N–H and O–H groups in total. The number of hydrogen-bond donors (Lipinski definition) is 1. The van der Waals surface area contributed by atoms with Crippen LogP contribution < -0.4 is 0 Å². The lowest BCUT2D eigenvalue weighted by Crippen LogP contribution is -1.81. The molecule has 0 atom stereocenters. The largest absolute Gasteiger partial charge is 0.396 e. The van der Waals surface area contributed by atoms with Crippen LogP contribution in [-0.2, 0) is 0 Å². The van der Waals surface area contributed by atoms with Crippen LogP contribution in [0.1, 0.15) is 39.0 Å². The average molecular weight is 143 g/mol. The molecule has 0 aromatic carbocycles. The molecule has 0 unspecified atom stereocenters. The van der Waals surface area contributed by atoms with E-state index in [9.17, 15) is 0 Å². The van der Waals surface area contributed by atoms with Crippen molar-refractivity contribution in [2.75, 3.05) is 6.61 Å². The molecule has 0 spiro atoms. The molecule has 0 fully saturated rings. The lowest BCUT2D eigenvalue weighted by atomic mass is 10.2. The van der Waals surface area contributed by atoms with Gasteiger partial charge in [-0.1, -0.05) is 32.6 Å². The fraction of sp³-hybridized carbons (Fsp3) is 1.00. The summed E-state index contributed by atoms with van der Waals surface area (Å²) >= 11 is 0. The molecule has 0 bridgehead atoms. The van der Waals surface area contributed by atoms with Gasteiger partial charge in [-0.05, 0) is 6.42 Å². The van der Waals surface area contributed by atoms with Crippen molar-refractivity contribution in [2.24, 2.45) is 0 Å². The van der Waals surface area contributed by atoms with Crippen LogP contribution in [0, 0.1) is 0 Å². The highest BCUT2D eigenvalue weighted by atomic mass is 27.0. The molecule has 0 rings (SSSR count). The van der Waals surface area contributed by atoms with Crippen molar-refractivity contribution < 1.29 is 5.11 Å². The normalized spacial score (nSPS) is 8.67. The van der Waals surface area contributed by atoms with Crippen molar-refractivity contribution in [1.29, 1.82) is 0 Å². The molecule has 0 aliphatic rings. The van der Waals surface area contributed by atoms with E-state index < -0.39 is 0 Å². The van der Waals surface area contributed by atoms with Crippen molar-refractivity contribution >= 4 is 17.4 Å². The maximum Gasteiger partial charge on any atom is 0.0431 e. The van der Waals surface area contributed by atoms with Gasteiger partial charge in [0, 0.05) is 24.0 Å². The van der Waals surface area contributed by atoms with Crippen molar-refractivity contribution in [3.05, 3.63) is 0 Å². The van der Waals surface area contributed by atoms with Gasteiger partial charge in [-0.3, -0.25) is 0 Å². The van der Waals surface area contributed by atoms with E-state index in [4.69, 9.17) is 5.11 Å². The summed E-state index contributed by atoms with van der Waals surface area (Å²) in [5.74, 6) is 0. The highest BCUT2D eigenvalue weighted by Crippen LogP contribution is 2.00. The summed E-state index contributed by atoms with van der Waals surface area (Å²) in [6, 6.07) is 0. The Bertz CT molecular complexity index is 33.9. The topological polar surface area (TPSA) is 20.2 Å². The van der Waals surface area contributed by atoms with Gasteiger partial charge in [0.2, 0.25) is 0 Å². The van der Waals surface area contributed by atoms with Crippen LogP contribution in [0.3, 0.4) is 0 Å². The molecule has 0 aromatic rings. The van der Waals surface area contributed by atoms with E-state index >= 15 is 0 Å². The van der Waals surface area contributed by atoms with Gasteiger partial charge in [0.25, 0.3) is 0 Å². The smallest absolute Gasteiger partial charge is 0.0431 e. The van der Waals surface area contributed by atoms with E-state index in [0.29, 0.717) is 6.61 Å². The predicted molar refractivity (Wildman–Crippen MR) is 41.6 cm³/mol. The molecule has 53 valence electrons. The third-order valence-electron chi connectivity index (χ3n) is 1.26. The molecular weight excluding hydrogens is 127 g/mol. The minimum atomic E-state index is 0. The summed E-state index contributed by atoms with van der Waals surface area (Å²) in [6.07, 6.45) is 6.08. The molecule has 1 nitrogen and oxygen atoms in total. The van der Waals surface area contributed by atoms with Gasteiger partial charge >= 0.3 is 0 Å². The molecule has 0 heterocycles. The average Bonchev–Trinajstić information content (AvgIpc) is 1.81. The molecule has 0 aliphatic carbocycles. The summed E-state index contributed by atoms with van der Waals surface area (Å²) in [5, 5.41) is 8.37. The first-order chi connectivity index (χ1) is 3.91. The lowest BCUT2D eigenvalue weighted by molar-refractivity contribution is 0.282. The summed E-state index contributed by atoms with van der Waals surface area (Å²) in [4.78, 5) is 0. The summed E-state index contributed by atoms with van der Waals surface area (Å²) in [7, 11) is 0. The molecule has 0 saturated heterocycles. The first-order valence-corrected chi connectivity index (χ1v) is 3.52. The number of rotatable bonds is 5. The van der Waals surface area contributed by atoms with Gasteiger partial charge in [0.05, 0.1) is 0 Å². The zero-order chi connectivity index (χ0) is 6.24. The Balaban J connectivity index is 0. The van der Waals surface area contributed by atoms with Crippen LogP contribution in [-0.4, -0.2) is 29.1 Å². The van der Waals surface area contributed by atoms with Crippen LogP contribution in [0.5, 0.6) is 0 Å². The van der Waals surface area contributed by atoms with Gasteiger partial charge in [-0.25, -0.2) is 0 Å². The fourth-order valence-corrected chi connectivity index (χ4v) is 0.715. The molecule has 0 saturated carbocycles.